The van der Waals surface area contributed by atoms with Crippen molar-refractivity contribution >= 4 is 11.9 Å². The molecule has 1 atom stereocenters. The van der Waals surface area contributed by atoms with Crippen LogP contribution >= 0.6 is 0 Å². The normalized spacial score (nSPS) is 18.4. The number of carbonyl (C=O) groups excluding carboxylic acids is 2. The van der Waals surface area contributed by atoms with Crippen LogP contribution in [0.5, 0.6) is 0 Å². The maximum atomic E-state index is 12.0. The molecule has 1 fully saturated rings. The van der Waals surface area contributed by atoms with Crippen LogP contribution in [0, 0.1) is 0 Å². The Morgan fingerprint density at radius 3 is 2.43 bits per heavy atom. The monoisotopic (exact) mass is 289 g/mol. The van der Waals surface area contributed by atoms with Crippen molar-refractivity contribution in [3.63, 3.8) is 0 Å². The summed E-state index contributed by atoms with van der Waals surface area (Å²) in [4.78, 5) is 27.9. The largest absolute Gasteiger partial charge is 0.325 e. The van der Waals surface area contributed by atoms with Gasteiger partial charge in [-0.15, -0.1) is 0 Å². The molecule has 0 radical (unpaired) electrons. The van der Waals surface area contributed by atoms with E-state index in [-0.39, 0.29) is 11.9 Å². The van der Waals surface area contributed by atoms with E-state index in [1.807, 2.05) is 30.3 Å². The van der Waals surface area contributed by atoms with Gasteiger partial charge in [0, 0.05) is 6.54 Å². The highest BCUT2D eigenvalue weighted by atomic mass is 16.2. The maximum absolute atomic E-state index is 12.0. The van der Waals surface area contributed by atoms with E-state index in [9.17, 15) is 9.59 Å². The van der Waals surface area contributed by atoms with E-state index >= 15 is 0 Å². The summed E-state index contributed by atoms with van der Waals surface area (Å²) in [6.07, 6.45) is 0.867. The summed E-state index contributed by atoms with van der Waals surface area (Å²) in [5, 5.41) is 2.42. The molecule has 5 nitrogen and oxygen atoms in total. The van der Waals surface area contributed by atoms with Crippen LogP contribution in [0.1, 0.15) is 31.9 Å². The molecule has 5 heteroatoms. The van der Waals surface area contributed by atoms with Crippen LogP contribution in [-0.2, 0) is 4.79 Å². The Bertz CT molecular complexity index is 486. The zero-order valence-electron chi connectivity index (χ0n) is 12.7. The van der Waals surface area contributed by atoms with Gasteiger partial charge in [-0.3, -0.25) is 10.1 Å². The third-order valence-corrected chi connectivity index (χ3v) is 3.93. The fraction of sp³-hybridized carbons (Fsp3) is 0.500. The van der Waals surface area contributed by atoms with Crippen LogP contribution < -0.4 is 5.32 Å². The molecule has 1 aliphatic rings. The fourth-order valence-corrected chi connectivity index (χ4v) is 2.71. The van der Waals surface area contributed by atoms with Crippen molar-refractivity contribution in [1.29, 1.82) is 0 Å². The summed E-state index contributed by atoms with van der Waals surface area (Å²) in [6.45, 7) is 7.79. The molecular formula is C16H23N3O2. The van der Waals surface area contributed by atoms with Gasteiger partial charge in [-0.2, -0.15) is 0 Å². The lowest BCUT2D eigenvalue weighted by Crippen LogP contribution is -2.33. The van der Waals surface area contributed by atoms with Crippen LogP contribution in [-0.4, -0.2) is 47.9 Å². The molecular weight excluding hydrogens is 266 g/mol. The van der Waals surface area contributed by atoms with Gasteiger partial charge in [0.1, 0.15) is 6.04 Å². The Balaban J connectivity index is 2.02. The highest BCUT2D eigenvalue weighted by Gasteiger charge is 2.38. The average Bonchev–Trinajstić information content (AvgIpc) is 2.78. The van der Waals surface area contributed by atoms with Gasteiger partial charge in [-0.05, 0) is 31.6 Å². The van der Waals surface area contributed by atoms with Crippen molar-refractivity contribution in [1.82, 2.24) is 15.1 Å². The molecule has 0 spiro atoms. The molecule has 0 aromatic heterocycles. The van der Waals surface area contributed by atoms with Gasteiger partial charge < -0.3 is 9.80 Å². The Morgan fingerprint density at radius 1 is 1.14 bits per heavy atom. The molecule has 3 amide bonds. The van der Waals surface area contributed by atoms with E-state index in [0.29, 0.717) is 6.54 Å². The molecule has 1 aromatic rings. The summed E-state index contributed by atoms with van der Waals surface area (Å²) in [6, 6.07) is 8.69. The Kier molecular flexibility index (Phi) is 5.33. The number of carbonyl (C=O) groups is 2. The first-order valence-electron chi connectivity index (χ1n) is 7.56. The number of nitrogens with one attached hydrogen (secondary N) is 1. The first-order valence-corrected chi connectivity index (χ1v) is 7.56. The smallest absolute Gasteiger partial charge is 0.308 e. The first-order chi connectivity index (χ1) is 10.2. The van der Waals surface area contributed by atoms with E-state index in [1.165, 1.54) is 0 Å². The number of urea groups is 1. The number of imide groups is 1. The molecule has 1 saturated heterocycles. The summed E-state index contributed by atoms with van der Waals surface area (Å²) >= 11 is 0. The molecule has 1 N–H and O–H groups in total. The zero-order valence-corrected chi connectivity index (χ0v) is 12.7. The second kappa shape index (κ2) is 7.22. The van der Waals surface area contributed by atoms with Crippen molar-refractivity contribution < 1.29 is 9.59 Å². The SMILES string of the molecule is CCN(CC)CCCN1C(=O)NC(=O)C1c1ccccc1. The summed E-state index contributed by atoms with van der Waals surface area (Å²) < 4.78 is 0. The molecule has 0 saturated carbocycles. The van der Waals surface area contributed by atoms with E-state index in [0.717, 1.165) is 31.6 Å². The average molecular weight is 289 g/mol. The first kappa shape index (κ1) is 15.5. The van der Waals surface area contributed by atoms with E-state index in [1.54, 1.807) is 4.90 Å². The minimum Gasteiger partial charge on any atom is -0.308 e. The van der Waals surface area contributed by atoms with Gasteiger partial charge in [0.05, 0.1) is 0 Å². The molecule has 1 heterocycles. The minimum atomic E-state index is -0.490. The Labute approximate surface area is 125 Å². The van der Waals surface area contributed by atoms with Crippen LogP contribution in [0.3, 0.4) is 0 Å². The molecule has 1 unspecified atom stereocenters. The van der Waals surface area contributed by atoms with Crippen molar-refractivity contribution in [2.75, 3.05) is 26.2 Å². The van der Waals surface area contributed by atoms with Gasteiger partial charge in [0.15, 0.2) is 0 Å². The lowest BCUT2D eigenvalue weighted by Gasteiger charge is -2.24. The predicted molar refractivity (Wildman–Crippen MR) is 81.8 cm³/mol. The highest BCUT2D eigenvalue weighted by Crippen LogP contribution is 2.25. The standard InChI is InChI=1S/C16H23N3O2/c1-3-18(4-2)11-8-12-19-14(15(20)17-16(19)21)13-9-6-5-7-10-13/h5-7,9-10,14H,3-4,8,11-12H2,1-2H3,(H,17,20,21). The molecule has 0 bridgehead atoms. The van der Waals surface area contributed by atoms with Gasteiger partial charge in [0.2, 0.25) is 0 Å². The van der Waals surface area contributed by atoms with Crippen LogP contribution in [0.15, 0.2) is 30.3 Å². The van der Waals surface area contributed by atoms with E-state index in [2.05, 4.69) is 24.1 Å². The van der Waals surface area contributed by atoms with Crippen LogP contribution in [0.2, 0.25) is 0 Å². The topological polar surface area (TPSA) is 52.6 Å². The maximum Gasteiger partial charge on any atom is 0.325 e. The van der Waals surface area contributed by atoms with Crippen LogP contribution in [0.25, 0.3) is 0 Å². The second-order valence-electron chi connectivity index (χ2n) is 5.18. The number of benzene rings is 1. The molecule has 1 aromatic carbocycles. The van der Waals surface area contributed by atoms with Gasteiger partial charge in [-0.25, -0.2) is 4.79 Å². The van der Waals surface area contributed by atoms with Crippen molar-refractivity contribution in [3.8, 4) is 0 Å². The molecule has 21 heavy (non-hydrogen) atoms. The lowest BCUT2D eigenvalue weighted by atomic mass is 10.1. The Morgan fingerprint density at radius 2 is 1.81 bits per heavy atom. The number of hydrogen-bond acceptors (Lipinski definition) is 3. The second-order valence-corrected chi connectivity index (χ2v) is 5.18. The van der Waals surface area contributed by atoms with Gasteiger partial charge in [0.25, 0.3) is 5.91 Å². The molecule has 2 rings (SSSR count). The minimum absolute atomic E-state index is 0.228. The predicted octanol–water partition coefficient (Wildman–Crippen LogP) is 2.01. The zero-order chi connectivity index (χ0) is 15.2. The number of nitrogens with zero attached hydrogens (tertiary/aromatic N) is 2. The highest BCUT2D eigenvalue weighted by molar-refractivity contribution is 6.04. The lowest BCUT2D eigenvalue weighted by molar-refractivity contribution is -0.121. The summed E-state index contributed by atoms with van der Waals surface area (Å²) in [5.41, 5.74) is 0.865. The van der Waals surface area contributed by atoms with Gasteiger partial charge >= 0.3 is 6.03 Å². The molecule has 0 aliphatic carbocycles. The van der Waals surface area contributed by atoms with E-state index in [4.69, 9.17) is 0 Å². The fourth-order valence-electron chi connectivity index (χ4n) is 2.71. The third-order valence-electron chi connectivity index (χ3n) is 3.93. The molecule has 1 aliphatic heterocycles. The van der Waals surface area contributed by atoms with Crippen molar-refractivity contribution in [2.24, 2.45) is 0 Å². The van der Waals surface area contributed by atoms with Crippen molar-refractivity contribution in [3.05, 3.63) is 35.9 Å². The van der Waals surface area contributed by atoms with Crippen molar-refractivity contribution in [2.45, 2.75) is 26.3 Å². The number of hydrogen-bond donors (Lipinski definition) is 1. The summed E-state index contributed by atoms with van der Waals surface area (Å²) in [7, 11) is 0. The number of rotatable bonds is 7. The summed E-state index contributed by atoms with van der Waals surface area (Å²) in [5.74, 6) is -0.228. The Hall–Kier alpha value is -1.88. The third kappa shape index (κ3) is 3.61. The quantitative estimate of drug-likeness (QED) is 0.781. The van der Waals surface area contributed by atoms with Crippen LogP contribution in [0.4, 0.5) is 4.79 Å². The van der Waals surface area contributed by atoms with Gasteiger partial charge in [-0.1, -0.05) is 44.2 Å². The number of amides is 3. The van der Waals surface area contributed by atoms with E-state index < -0.39 is 6.04 Å². The molecule has 114 valence electrons.